The van der Waals surface area contributed by atoms with Crippen LogP contribution >= 0.6 is 0 Å². The second-order valence-electron chi connectivity index (χ2n) is 4.38. The van der Waals surface area contributed by atoms with Gasteiger partial charge in [0.05, 0.1) is 19.3 Å². The van der Waals surface area contributed by atoms with Crippen LogP contribution in [0.15, 0.2) is 48.5 Å². The summed E-state index contributed by atoms with van der Waals surface area (Å²) in [6, 6.07) is 12.5. The Hall–Kier alpha value is -2.76. The minimum absolute atomic E-state index is 0.283. The molecule has 0 fully saturated rings. The molecule has 116 valence electrons. The summed E-state index contributed by atoms with van der Waals surface area (Å²) in [4.78, 5) is 11.8. The van der Waals surface area contributed by atoms with Crippen molar-refractivity contribution >= 4 is 11.7 Å². The van der Waals surface area contributed by atoms with E-state index in [1.807, 2.05) is 6.07 Å². The van der Waals surface area contributed by atoms with E-state index >= 15 is 0 Å². The fourth-order valence-electron chi connectivity index (χ4n) is 1.78. The zero-order valence-corrected chi connectivity index (χ0v) is 12.1. The van der Waals surface area contributed by atoms with Crippen molar-refractivity contribution in [3.8, 4) is 11.5 Å². The number of nitrogens with one attached hydrogen (secondary N) is 2. The molecule has 0 heterocycles. The van der Waals surface area contributed by atoms with Crippen LogP contribution in [0.4, 0.5) is 14.9 Å². The summed E-state index contributed by atoms with van der Waals surface area (Å²) in [5.41, 5.74) is 0.585. The van der Waals surface area contributed by atoms with E-state index in [-0.39, 0.29) is 18.5 Å². The Morgan fingerprint density at radius 2 is 1.86 bits per heavy atom. The lowest BCUT2D eigenvalue weighted by Gasteiger charge is -2.11. The standard InChI is InChI=1S/C16H17FN2O3/c1-21-15-5-3-2-4-14(15)19-16(20)18-10-11-22-13-8-6-12(17)7-9-13/h2-9H,10-11H2,1H3,(H2,18,19,20). The second kappa shape index (κ2) is 7.87. The van der Waals surface area contributed by atoms with Crippen molar-refractivity contribution in [2.75, 3.05) is 25.6 Å². The van der Waals surface area contributed by atoms with Gasteiger partial charge in [-0.25, -0.2) is 9.18 Å². The van der Waals surface area contributed by atoms with Crippen molar-refractivity contribution in [3.05, 3.63) is 54.3 Å². The maximum atomic E-state index is 12.7. The quantitative estimate of drug-likeness (QED) is 0.806. The zero-order chi connectivity index (χ0) is 15.8. The molecule has 0 saturated carbocycles. The minimum atomic E-state index is -0.354. The number of carbonyl (C=O) groups is 1. The number of hydrogen-bond donors (Lipinski definition) is 2. The Labute approximate surface area is 128 Å². The van der Waals surface area contributed by atoms with E-state index in [4.69, 9.17) is 9.47 Å². The number of rotatable bonds is 6. The predicted octanol–water partition coefficient (Wildman–Crippen LogP) is 3.03. The molecule has 2 N–H and O–H groups in total. The largest absolute Gasteiger partial charge is 0.495 e. The number of benzene rings is 2. The maximum Gasteiger partial charge on any atom is 0.319 e. The van der Waals surface area contributed by atoms with E-state index in [0.717, 1.165) is 0 Å². The minimum Gasteiger partial charge on any atom is -0.495 e. The van der Waals surface area contributed by atoms with Crippen LogP contribution in [-0.4, -0.2) is 26.3 Å². The van der Waals surface area contributed by atoms with Gasteiger partial charge in [-0.05, 0) is 36.4 Å². The fraction of sp³-hybridized carbons (Fsp3) is 0.188. The molecule has 0 aromatic heterocycles. The van der Waals surface area contributed by atoms with Crippen LogP contribution in [-0.2, 0) is 0 Å². The van der Waals surface area contributed by atoms with Gasteiger partial charge in [0.25, 0.3) is 0 Å². The highest BCUT2D eigenvalue weighted by molar-refractivity contribution is 5.90. The third-order valence-corrected chi connectivity index (χ3v) is 2.83. The van der Waals surface area contributed by atoms with Crippen molar-refractivity contribution in [1.29, 1.82) is 0 Å². The van der Waals surface area contributed by atoms with Gasteiger partial charge in [0.1, 0.15) is 23.9 Å². The Kier molecular flexibility index (Phi) is 5.59. The molecule has 0 radical (unpaired) electrons. The summed E-state index contributed by atoms with van der Waals surface area (Å²) in [6.45, 7) is 0.601. The lowest BCUT2D eigenvalue weighted by atomic mass is 10.3. The fourth-order valence-corrected chi connectivity index (χ4v) is 1.78. The first-order valence-corrected chi connectivity index (χ1v) is 6.75. The molecule has 0 aliphatic rings. The molecule has 2 amide bonds. The third-order valence-electron chi connectivity index (χ3n) is 2.83. The normalized spacial score (nSPS) is 9.91. The Balaban J connectivity index is 1.72. The van der Waals surface area contributed by atoms with Gasteiger partial charge in [-0.1, -0.05) is 12.1 Å². The lowest BCUT2D eigenvalue weighted by Crippen LogP contribution is -2.32. The van der Waals surface area contributed by atoms with E-state index in [2.05, 4.69) is 10.6 Å². The Bertz CT molecular complexity index is 617. The number of urea groups is 1. The number of hydrogen-bond acceptors (Lipinski definition) is 3. The van der Waals surface area contributed by atoms with Crippen LogP contribution < -0.4 is 20.1 Å². The van der Waals surface area contributed by atoms with Gasteiger partial charge in [0.2, 0.25) is 0 Å². The monoisotopic (exact) mass is 304 g/mol. The maximum absolute atomic E-state index is 12.7. The number of carbonyl (C=O) groups excluding carboxylic acids is 1. The highest BCUT2D eigenvalue weighted by Crippen LogP contribution is 2.22. The number of amides is 2. The first kappa shape index (κ1) is 15.6. The van der Waals surface area contributed by atoms with Crippen LogP contribution in [0.1, 0.15) is 0 Å². The summed E-state index contributed by atoms with van der Waals surface area (Å²) in [5, 5.41) is 5.35. The SMILES string of the molecule is COc1ccccc1NC(=O)NCCOc1ccc(F)cc1. The highest BCUT2D eigenvalue weighted by atomic mass is 19.1. The number of methoxy groups -OCH3 is 1. The topological polar surface area (TPSA) is 59.6 Å². The number of halogens is 1. The molecule has 2 aromatic rings. The molecule has 0 aliphatic carbocycles. The van der Waals surface area contributed by atoms with Crippen LogP contribution in [0.25, 0.3) is 0 Å². The Morgan fingerprint density at radius 1 is 1.14 bits per heavy atom. The predicted molar refractivity (Wildman–Crippen MR) is 81.9 cm³/mol. The van der Waals surface area contributed by atoms with Gasteiger partial charge >= 0.3 is 6.03 Å². The molecule has 0 unspecified atom stereocenters. The molecule has 22 heavy (non-hydrogen) atoms. The van der Waals surface area contributed by atoms with Crippen LogP contribution in [0.2, 0.25) is 0 Å². The third kappa shape index (κ3) is 4.66. The average molecular weight is 304 g/mol. The van der Waals surface area contributed by atoms with Crippen LogP contribution in [0, 0.1) is 5.82 Å². The summed E-state index contributed by atoms with van der Waals surface area (Å²) in [7, 11) is 1.54. The average Bonchev–Trinajstić information content (AvgIpc) is 2.54. The first-order valence-electron chi connectivity index (χ1n) is 6.75. The molecule has 6 heteroatoms. The van der Waals surface area contributed by atoms with Gasteiger partial charge in [-0.15, -0.1) is 0 Å². The van der Waals surface area contributed by atoms with Gasteiger partial charge in [-0.2, -0.15) is 0 Å². The molecule has 0 aliphatic heterocycles. The van der Waals surface area contributed by atoms with Crippen molar-refractivity contribution in [2.24, 2.45) is 0 Å². The Morgan fingerprint density at radius 3 is 2.59 bits per heavy atom. The molecular formula is C16H17FN2O3. The molecule has 5 nitrogen and oxygen atoms in total. The summed E-state index contributed by atoms with van der Waals surface area (Å²) in [6.07, 6.45) is 0. The highest BCUT2D eigenvalue weighted by Gasteiger charge is 2.05. The van der Waals surface area contributed by atoms with Crippen molar-refractivity contribution in [3.63, 3.8) is 0 Å². The van der Waals surface area contributed by atoms with E-state index in [1.54, 1.807) is 18.2 Å². The first-order chi connectivity index (χ1) is 10.7. The van der Waals surface area contributed by atoms with E-state index in [0.29, 0.717) is 23.7 Å². The van der Waals surface area contributed by atoms with Crippen molar-refractivity contribution in [2.45, 2.75) is 0 Å². The molecule has 0 saturated heterocycles. The summed E-state index contributed by atoms with van der Waals surface area (Å²) >= 11 is 0. The van der Waals surface area contributed by atoms with E-state index < -0.39 is 0 Å². The van der Waals surface area contributed by atoms with Gasteiger partial charge in [0.15, 0.2) is 0 Å². The molecule has 0 bridgehead atoms. The summed E-state index contributed by atoms with van der Waals surface area (Å²) in [5.74, 6) is 0.815. The second-order valence-corrected chi connectivity index (χ2v) is 4.38. The van der Waals surface area contributed by atoms with Crippen LogP contribution in [0.5, 0.6) is 11.5 Å². The number of para-hydroxylation sites is 2. The lowest BCUT2D eigenvalue weighted by molar-refractivity contribution is 0.247. The number of ether oxygens (including phenoxy) is 2. The molecule has 0 atom stereocenters. The smallest absolute Gasteiger partial charge is 0.319 e. The molecule has 0 spiro atoms. The van der Waals surface area contributed by atoms with Crippen LogP contribution in [0.3, 0.4) is 0 Å². The van der Waals surface area contributed by atoms with Gasteiger partial charge in [0, 0.05) is 0 Å². The van der Waals surface area contributed by atoms with Gasteiger partial charge < -0.3 is 20.1 Å². The zero-order valence-electron chi connectivity index (χ0n) is 12.1. The summed E-state index contributed by atoms with van der Waals surface area (Å²) < 4.78 is 23.2. The molecular weight excluding hydrogens is 287 g/mol. The van der Waals surface area contributed by atoms with E-state index in [9.17, 15) is 9.18 Å². The van der Waals surface area contributed by atoms with Crippen molar-refractivity contribution in [1.82, 2.24) is 5.32 Å². The van der Waals surface area contributed by atoms with Crippen molar-refractivity contribution < 1.29 is 18.7 Å². The molecule has 2 aromatic carbocycles. The van der Waals surface area contributed by atoms with Gasteiger partial charge in [-0.3, -0.25) is 0 Å². The molecule has 2 rings (SSSR count). The number of anilines is 1. The van der Waals surface area contributed by atoms with E-state index in [1.165, 1.54) is 31.4 Å².